The lowest BCUT2D eigenvalue weighted by atomic mass is 9.96. The fraction of sp³-hybridized carbons (Fsp3) is 0.500. The predicted molar refractivity (Wildman–Crippen MR) is 80.4 cm³/mol. The van der Waals surface area contributed by atoms with Crippen LogP contribution in [0.5, 0.6) is 5.75 Å². The Morgan fingerprint density at radius 2 is 1.81 bits per heavy atom. The normalized spacial score (nSPS) is 12.0. The SMILES string of the molecule is Cc1cccc(C)c1OCC(=O)NCC(C(=O)O)C(C)C. The van der Waals surface area contributed by atoms with Gasteiger partial charge >= 0.3 is 5.97 Å². The average Bonchev–Trinajstić information content (AvgIpc) is 2.37. The number of carboxylic acid groups (broad SMARTS) is 1. The highest BCUT2D eigenvalue weighted by molar-refractivity contribution is 5.78. The lowest BCUT2D eigenvalue weighted by molar-refractivity contribution is -0.143. The van der Waals surface area contributed by atoms with Crippen LogP contribution in [-0.2, 0) is 9.59 Å². The molecule has 0 aliphatic carbocycles. The van der Waals surface area contributed by atoms with Crippen LogP contribution in [0.25, 0.3) is 0 Å². The van der Waals surface area contributed by atoms with Gasteiger partial charge in [0.15, 0.2) is 6.61 Å². The number of hydrogen-bond acceptors (Lipinski definition) is 3. The van der Waals surface area contributed by atoms with Crippen LogP contribution >= 0.6 is 0 Å². The Kier molecular flexibility index (Phi) is 6.21. The molecule has 2 N–H and O–H groups in total. The Balaban J connectivity index is 2.50. The Bertz CT molecular complexity index is 491. The topological polar surface area (TPSA) is 75.6 Å². The fourth-order valence-corrected chi connectivity index (χ4v) is 2.05. The summed E-state index contributed by atoms with van der Waals surface area (Å²) in [6.07, 6.45) is 0. The lowest BCUT2D eigenvalue weighted by Gasteiger charge is -2.17. The van der Waals surface area contributed by atoms with E-state index in [1.165, 1.54) is 0 Å². The smallest absolute Gasteiger partial charge is 0.308 e. The van der Waals surface area contributed by atoms with Gasteiger partial charge in [0.2, 0.25) is 0 Å². The number of aliphatic carboxylic acids is 1. The highest BCUT2D eigenvalue weighted by Gasteiger charge is 2.22. The summed E-state index contributed by atoms with van der Waals surface area (Å²) in [6.45, 7) is 7.47. The van der Waals surface area contributed by atoms with E-state index in [0.29, 0.717) is 5.75 Å². The second-order valence-electron chi connectivity index (χ2n) is 5.50. The molecule has 0 aliphatic rings. The van der Waals surface area contributed by atoms with Crippen molar-refractivity contribution in [1.29, 1.82) is 0 Å². The molecule has 0 heterocycles. The molecule has 0 radical (unpaired) electrons. The van der Waals surface area contributed by atoms with Gasteiger partial charge in [-0.3, -0.25) is 9.59 Å². The summed E-state index contributed by atoms with van der Waals surface area (Å²) < 4.78 is 5.52. The van der Waals surface area contributed by atoms with Gasteiger partial charge in [-0.1, -0.05) is 32.0 Å². The van der Waals surface area contributed by atoms with Gasteiger partial charge in [-0.05, 0) is 30.9 Å². The first kappa shape index (κ1) is 17.0. The molecule has 1 rings (SSSR count). The zero-order valence-corrected chi connectivity index (χ0v) is 13.0. The van der Waals surface area contributed by atoms with Gasteiger partial charge < -0.3 is 15.2 Å². The first-order chi connectivity index (χ1) is 9.82. The first-order valence-electron chi connectivity index (χ1n) is 7.01. The molecule has 116 valence electrons. The minimum absolute atomic E-state index is 0.0395. The molecular formula is C16H23NO4. The number of ether oxygens (including phenoxy) is 1. The van der Waals surface area contributed by atoms with Crippen LogP contribution < -0.4 is 10.1 Å². The van der Waals surface area contributed by atoms with Crippen LogP contribution in [0.15, 0.2) is 18.2 Å². The van der Waals surface area contributed by atoms with E-state index in [0.717, 1.165) is 11.1 Å². The molecule has 5 nitrogen and oxygen atoms in total. The summed E-state index contributed by atoms with van der Waals surface area (Å²) in [5, 5.41) is 11.7. The van der Waals surface area contributed by atoms with Gasteiger partial charge in [0, 0.05) is 6.54 Å². The number of rotatable bonds is 7. The van der Waals surface area contributed by atoms with Gasteiger partial charge in [-0.2, -0.15) is 0 Å². The standard InChI is InChI=1S/C16H23NO4/c1-10(2)13(16(19)20)8-17-14(18)9-21-15-11(3)6-5-7-12(15)4/h5-7,10,13H,8-9H2,1-4H3,(H,17,18)(H,19,20). The van der Waals surface area contributed by atoms with Crippen molar-refractivity contribution in [2.24, 2.45) is 11.8 Å². The molecule has 1 atom stereocenters. The van der Waals surface area contributed by atoms with Crippen LogP contribution in [0.1, 0.15) is 25.0 Å². The second kappa shape index (κ2) is 7.67. The van der Waals surface area contributed by atoms with Crippen molar-refractivity contribution < 1.29 is 19.4 Å². The summed E-state index contributed by atoms with van der Waals surface area (Å²) in [5.41, 5.74) is 1.93. The number of carboxylic acids is 1. The molecule has 21 heavy (non-hydrogen) atoms. The van der Waals surface area contributed by atoms with E-state index in [1.54, 1.807) is 0 Å². The molecule has 0 bridgehead atoms. The van der Waals surface area contributed by atoms with Crippen molar-refractivity contribution >= 4 is 11.9 Å². The largest absolute Gasteiger partial charge is 0.483 e. The minimum Gasteiger partial charge on any atom is -0.483 e. The molecule has 0 saturated heterocycles. The molecule has 1 amide bonds. The maximum atomic E-state index is 11.8. The molecule has 1 unspecified atom stereocenters. The van der Waals surface area contributed by atoms with Gasteiger partial charge in [-0.25, -0.2) is 0 Å². The molecule has 0 aliphatic heterocycles. The second-order valence-corrected chi connectivity index (χ2v) is 5.50. The zero-order chi connectivity index (χ0) is 16.0. The van der Waals surface area contributed by atoms with Crippen LogP contribution in [0.2, 0.25) is 0 Å². The molecule has 1 aromatic rings. The van der Waals surface area contributed by atoms with E-state index in [9.17, 15) is 9.59 Å². The number of nitrogens with one attached hydrogen (secondary N) is 1. The summed E-state index contributed by atoms with van der Waals surface area (Å²) in [5.74, 6) is -1.15. The van der Waals surface area contributed by atoms with Gasteiger partial charge in [0.05, 0.1) is 5.92 Å². The fourth-order valence-electron chi connectivity index (χ4n) is 2.05. The van der Waals surface area contributed by atoms with Crippen molar-refractivity contribution in [3.63, 3.8) is 0 Å². The van der Waals surface area contributed by atoms with Crippen LogP contribution in [0.3, 0.4) is 0 Å². The first-order valence-corrected chi connectivity index (χ1v) is 7.01. The zero-order valence-electron chi connectivity index (χ0n) is 13.0. The van der Waals surface area contributed by atoms with Crippen molar-refractivity contribution in [1.82, 2.24) is 5.32 Å². The van der Waals surface area contributed by atoms with E-state index < -0.39 is 11.9 Å². The minimum atomic E-state index is -0.902. The summed E-state index contributed by atoms with van der Waals surface area (Å²) in [6, 6.07) is 5.76. The van der Waals surface area contributed by atoms with Crippen molar-refractivity contribution in [3.05, 3.63) is 29.3 Å². The number of carbonyl (C=O) groups excluding carboxylic acids is 1. The number of amides is 1. The number of carbonyl (C=O) groups is 2. The number of para-hydroxylation sites is 1. The molecule has 0 aromatic heterocycles. The summed E-state index contributed by atoms with van der Waals surface area (Å²) >= 11 is 0. The molecule has 5 heteroatoms. The molecule has 1 aromatic carbocycles. The number of aryl methyl sites for hydroxylation is 2. The van der Waals surface area contributed by atoms with Gasteiger partial charge in [0.25, 0.3) is 5.91 Å². The van der Waals surface area contributed by atoms with E-state index in [-0.39, 0.29) is 25.0 Å². The van der Waals surface area contributed by atoms with Crippen LogP contribution in [-0.4, -0.2) is 30.1 Å². The van der Waals surface area contributed by atoms with Gasteiger partial charge in [-0.15, -0.1) is 0 Å². The maximum absolute atomic E-state index is 11.8. The maximum Gasteiger partial charge on any atom is 0.308 e. The Morgan fingerprint density at radius 3 is 2.29 bits per heavy atom. The number of hydrogen-bond donors (Lipinski definition) is 2. The molecule has 0 saturated carbocycles. The van der Waals surface area contributed by atoms with Gasteiger partial charge in [0.1, 0.15) is 5.75 Å². The Hall–Kier alpha value is -2.04. The van der Waals surface area contributed by atoms with Crippen molar-refractivity contribution in [2.45, 2.75) is 27.7 Å². The van der Waals surface area contributed by atoms with E-state index >= 15 is 0 Å². The quantitative estimate of drug-likeness (QED) is 0.807. The highest BCUT2D eigenvalue weighted by atomic mass is 16.5. The lowest BCUT2D eigenvalue weighted by Crippen LogP contribution is -2.37. The Labute approximate surface area is 125 Å². The third-order valence-corrected chi connectivity index (χ3v) is 3.40. The van der Waals surface area contributed by atoms with Crippen molar-refractivity contribution in [2.75, 3.05) is 13.2 Å². The van der Waals surface area contributed by atoms with Crippen LogP contribution in [0, 0.1) is 25.7 Å². The predicted octanol–water partition coefficient (Wildman–Crippen LogP) is 2.16. The average molecular weight is 293 g/mol. The summed E-state index contributed by atoms with van der Waals surface area (Å²) in [4.78, 5) is 22.8. The van der Waals surface area contributed by atoms with E-state index in [1.807, 2.05) is 45.9 Å². The third-order valence-electron chi connectivity index (χ3n) is 3.40. The molecule has 0 spiro atoms. The van der Waals surface area contributed by atoms with Crippen LogP contribution in [0.4, 0.5) is 0 Å². The highest BCUT2D eigenvalue weighted by Crippen LogP contribution is 2.22. The Morgan fingerprint density at radius 1 is 1.24 bits per heavy atom. The third kappa shape index (κ3) is 5.10. The monoisotopic (exact) mass is 293 g/mol. The van der Waals surface area contributed by atoms with E-state index in [4.69, 9.17) is 9.84 Å². The molecular weight excluding hydrogens is 270 g/mol. The number of benzene rings is 1. The van der Waals surface area contributed by atoms with Crippen molar-refractivity contribution in [3.8, 4) is 5.75 Å². The van der Waals surface area contributed by atoms with E-state index in [2.05, 4.69) is 5.32 Å². The molecule has 0 fully saturated rings. The summed E-state index contributed by atoms with van der Waals surface area (Å²) in [7, 11) is 0.